The molecule has 2 N–H and O–H groups in total. The maximum atomic E-state index is 11.9. The summed E-state index contributed by atoms with van der Waals surface area (Å²) in [6.07, 6.45) is 1.48. The molecular formula is C11H15N5O2. The zero-order chi connectivity index (χ0) is 12.8. The number of nitrogens with one attached hydrogen (secondary N) is 2. The van der Waals surface area contributed by atoms with Gasteiger partial charge < -0.3 is 9.64 Å². The van der Waals surface area contributed by atoms with Crippen LogP contribution in [0.25, 0.3) is 11.0 Å². The Balaban J connectivity index is 2.01. The van der Waals surface area contributed by atoms with E-state index in [2.05, 4.69) is 20.2 Å². The summed E-state index contributed by atoms with van der Waals surface area (Å²) in [6.45, 7) is 6.07. The Morgan fingerprint density at radius 3 is 3.11 bits per heavy atom. The van der Waals surface area contributed by atoms with Crippen LogP contribution in [-0.4, -0.2) is 45.5 Å². The van der Waals surface area contributed by atoms with Crippen LogP contribution in [0.5, 0.6) is 0 Å². The fourth-order valence-corrected chi connectivity index (χ4v) is 2.18. The van der Waals surface area contributed by atoms with E-state index < -0.39 is 0 Å². The number of H-pyrrole nitrogens is 2. The summed E-state index contributed by atoms with van der Waals surface area (Å²) >= 11 is 0. The zero-order valence-corrected chi connectivity index (χ0v) is 10.4. The first kappa shape index (κ1) is 11.2. The largest absolute Gasteiger partial charge is 0.372 e. The maximum absolute atomic E-state index is 11.9. The minimum atomic E-state index is -0.236. The van der Waals surface area contributed by atoms with Crippen LogP contribution in [-0.2, 0) is 4.74 Å². The first-order valence-corrected chi connectivity index (χ1v) is 5.87. The Hall–Kier alpha value is -1.89. The van der Waals surface area contributed by atoms with Crippen LogP contribution in [0, 0.1) is 0 Å². The third kappa shape index (κ3) is 1.86. The van der Waals surface area contributed by atoms with Crippen LogP contribution >= 0.6 is 0 Å². The van der Waals surface area contributed by atoms with Gasteiger partial charge >= 0.3 is 0 Å². The van der Waals surface area contributed by atoms with Gasteiger partial charge in [-0.1, -0.05) is 0 Å². The van der Waals surface area contributed by atoms with E-state index in [1.54, 1.807) is 0 Å². The van der Waals surface area contributed by atoms with E-state index in [4.69, 9.17) is 4.74 Å². The maximum Gasteiger partial charge on any atom is 0.263 e. The summed E-state index contributed by atoms with van der Waals surface area (Å²) in [5, 5.41) is 7.03. The highest BCUT2D eigenvalue weighted by Crippen LogP contribution is 2.20. The van der Waals surface area contributed by atoms with Gasteiger partial charge in [0.25, 0.3) is 5.56 Å². The smallest absolute Gasteiger partial charge is 0.263 e. The van der Waals surface area contributed by atoms with Gasteiger partial charge in [0, 0.05) is 13.1 Å². The number of aromatic nitrogens is 4. The Morgan fingerprint density at radius 2 is 2.33 bits per heavy atom. The lowest BCUT2D eigenvalue weighted by molar-refractivity contribution is -0.0281. The molecule has 0 amide bonds. The minimum Gasteiger partial charge on any atom is -0.372 e. The Kier molecular flexibility index (Phi) is 2.37. The van der Waals surface area contributed by atoms with Gasteiger partial charge in [0.05, 0.1) is 18.4 Å². The first-order chi connectivity index (χ1) is 8.55. The molecule has 0 saturated carbocycles. The van der Waals surface area contributed by atoms with E-state index in [1.807, 2.05) is 18.7 Å². The van der Waals surface area contributed by atoms with Crippen molar-refractivity contribution in [1.29, 1.82) is 0 Å². The number of nitrogens with zero attached hydrogens (tertiary/aromatic N) is 3. The number of aromatic amines is 2. The lowest BCUT2D eigenvalue weighted by Crippen LogP contribution is -2.49. The second-order valence-electron chi connectivity index (χ2n) is 5.05. The number of anilines is 1. The normalized spacial score (nSPS) is 19.3. The standard InChI is InChI=1S/C11H15N5O2/c1-11(2)6-16(3-4-18-11)10-13-8-7(5-12-15-8)9(17)14-10/h5H,3-4,6H2,1-2H3,(H2,12,13,14,15,17). The van der Waals surface area contributed by atoms with Gasteiger partial charge in [0.1, 0.15) is 5.39 Å². The van der Waals surface area contributed by atoms with Crippen molar-refractivity contribution < 1.29 is 4.74 Å². The molecule has 0 aliphatic carbocycles. The molecular weight excluding hydrogens is 234 g/mol. The summed E-state index contributed by atoms with van der Waals surface area (Å²) < 4.78 is 5.64. The lowest BCUT2D eigenvalue weighted by Gasteiger charge is -2.38. The molecule has 0 spiro atoms. The number of ether oxygens (including phenoxy) is 1. The van der Waals surface area contributed by atoms with Gasteiger partial charge in [-0.25, -0.2) is 0 Å². The second kappa shape index (κ2) is 3.81. The van der Waals surface area contributed by atoms with Crippen LogP contribution in [0.4, 0.5) is 5.95 Å². The highest BCUT2D eigenvalue weighted by atomic mass is 16.5. The third-order valence-corrected chi connectivity index (χ3v) is 3.03. The van der Waals surface area contributed by atoms with Gasteiger partial charge in [0.15, 0.2) is 5.65 Å². The lowest BCUT2D eigenvalue weighted by atomic mass is 10.1. The molecule has 1 aliphatic heterocycles. The molecule has 2 aromatic rings. The van der Waals surface area contributed by atoms with Gasteiger partial charge in [-0.2, -0.15) is 10.1 Å². The molecule has 1 saturated heterocycles. The Bertz CT molecular complexity index is 630. The van der Waals surface area contributed by atoms with Crippen molar-refractivity contribution in [2.75, 3.05) is 24.6 Å². The minimum absolute atomic E-state index is 0.173. The Morgan fingerprint density at radius 1 is 1.50 bits per heavy atom. The van der Waals surface area contributed by atoms with Crippen molar-refractivity contribution in [2.45, 2.75) is 19.4 Å². The number of hydrogen-bond donors (Lipinski definition) is 2. The van der Waals surface area contributed by atoms with E-state index in [0.717, 1.165) is 0 Å². The van der Waals surface area contributed by atoms with Gasteiger partial charge in [-0.05, 0) is 13.8 Å². The molecule has 3 heterocycles. The quantitative estimate of drug-likeness (QED) is 0.757. The first-order valence-electron chi connectivity index (χ1n) is 5.87. The predicted octanol–water partition coefficient (Wildman–Crippen LogP) is 0.261. The number of morpholine rings is 1. The second-order valence-corrected chi connectivity index (χ2v) is 5.05. The van der Waals surface area contributed by atoms with E-state index in [1.165, 1.54) is 6.20 Å². The van der Waals surface area contributed by atoms with Crippen molar-refractivity contribution in [3.8, 4) is 0 Å². The summed E-state index contributed by atoms with van der Waals surface area (Å²) in [5.41, 5.74) is 0.103. The average molecular weight is 249 g/mol. The predicted molar refractivity (Wildman–Crippen MR) is 66.8 cm³/mol. The van der Waals surface area contributed by atoms with E-state index in [-0.39, 0.29) is 11.2 Å². The fourth-order valence-electron chi connectivity index (χ4n) is 2.18. The van der Waals surface area contributed by atoms with Gasteiger partial charge in [0.2, 0.25) is 5.95 Å². The number of hydrogen-bond acceptors (Lipinski definition) is 5. The van der Waals surface area contributed by atoms with Gasteiger partial charge in [-0.3, -0.25) is 14.9 Å². The SMILES string of the molecule is CC1(C)CN(c2nc3[nH]ncc3c(=O)[nH]2)CCO1. The van der Waals surface area contributed by atoms with E-state index in [0.29, 0.717) is 36.7 Å². The van der Waals surface area contributed by atoms with Gasteiger partial charge in [-0.15, -0.1) is 0 Å². The summed E-state index contributed by atoms with van der Waals surface area (Å²) in [7, 11) is 0. The molecule has 0 bridgehead atoms. The van der Waals surface area contributed by atoms with E-state index >= 15 is 0 Å². The monoisotopic (exact) mass is 249 g/mol. The highest BCUT2D eigenvalue weighted by Gasteiger charge is 2.28. The molecule has 2 aromatic heterocycles. The van der Waals surface area contributed by atoms with Crippen LogP contribution in [0.3, 0.4) is 0 Å². The van der Waals surface area contributed by atoms with Crippen LogP contribution in [0.2, 0.25) is 0 Å². The molecule has 7 nitrogen and oxygen atoms in total. The molecule has 0 atom stereocenters. The topological polar surface area (TPSA) is 86.9 Å². The molecule has 1 aliphatic rings. The number of fused-ring (bicyclic) bond motifs is 1. The molecule has 96 valence electrons. The fraction of sp³-hybridized carbons (Fsp3) is 0.545. The van der Waals surface area contributed by atoms with Crippen molar-refractivity contribution in [1.82, 2.24) is 20.2 Å². The molecule has 0 radical (unpaired) electrons. The van der Waals surface area contributed by atoms with Crippen molar-refractivity contribution in [3.05, 3.63) is 16.6 Å². The third-order valence-electron chi connectivity index (χ3n) is 3.03. The van der Waals surface area contributed by atoms with Crippen LogP contribution < -0.4 is 10.5 Å². The molecule has 7 heteroatoms. The molecule has 0 unspecified atom stereocenters. The van der Waals surface area contributed by atoms with Crippen LogP contribution in [0.15, 0.2) is 11.0 Å². The average Bonchev–Trinajstić information content (AvgIpc) is 2.76. The zero-order valence-electron chi connectivity index (χ0n) is 10.4. The summed E-state index contributed by atoms with van der Waals surface area (Å²) in [5.74, 6) is 0.563. The van der Waals surface area contributed by atoms with Crippen LogP contribution in [0.1, 0.15) is 13.8 Å². The molecule has 1 fully saturated rings. The molecule has 3 rings (SSSR count). The number of rotatable bonds is 1. The van der Waals surface area contributed by atoms with Crippen molar-refractivity contribution in [3.63, 3.8) is 0 Å². The van der Waals surface area contributed by atoms with E-state index in [9.17, 15) is 4.79 Å². The van der Waals surface area contributed by atoms with Crippen molar-refractivity contribution in [2.24, 2.45) is 0 Å². The molecule has 18 heavy (non-hydrogen) atoms. The summed E-state index contributed by atoms with van der Waals surface area (Å²) in [4.78, 5) is 21.0. The Labute approximate surface area is 103 Å². The summed E-state index contributed by atoms with van der Waals surface area (Å²) in [6, 6.07) is 0. The van der Waals surface area contributed by atoms with Crippen molar-refractivity contribution >= 4 is 17.0 Å². The molecule has 0 aromatic carbocycles. The highest BCUT2D eigenvalue weighted by molar-refractivity contribution is 5.73.